The van der Waals surface area contributed by atoms with E-state index in [0.29, 0.717) is 38.7 Å². The number of ether oxygens (including phenoxy) is 3. The summed E-state index contributed by atoms with van der Waals surface area (Å²) in [6.45, 7) is 7.97. The molecular weight excluding hydrogens is 312 g/mol. The summed E-state index contributed by atoms with van der Waals surface area (Å²) in [5.41, 5.74) is 0.660. The molecule has 2 saturated heterocycles. The predicted molar refractivity (Wildman–Crippen MR) is 90.9 cm³/mol. The maximum absolute atomic E-state index is 11.8. The van der Waals surface area contributed by atoms with Crippen LogP contribution in [0.2, 0.25) is 0 Å². The summed E-state index contributed by atoms with van der Waals surface area (Å²) in [4.78, 5) is 20.9. The Morgan fingerprint density at radius 3 is 2.38 bits per heavy atom. The van der Waals surface area contributed by atoms with Crippen LogP contribution >= 0.6 is 0 Å². The summed E-state index contributed by atoms with van der Waals surface area (Å²) < 4.78 is 15.8. The van der Waals surface area contributed by atoms with Crippen molar-refractivity contribution in [1.82, 2.24) is 4.98 Å². The van der Waals surface area contributed by atoms with Crippen molar-refractivity contribution >= 4 is 23.4 Å². The Hall–Kier alpha value is -2.06. The molecule has 1 N–H and O–H groups in total. The van der Waals surface area contributed by atoms with Crippen LogP contribution in [0.3, 0.4) is 0 Å². The minimum Gasteiger partial charge on any atom is -0.450 e. The molecule has 8 heteroatoms. The average molecular weight is 336 g/mol. The van der Waals surface area contributed by atoms with E-state index in [0.717, 1.165) is 37.8 Å². The molecule has 2 aliphatic rings. The lowest BCUT2D eigenvalue weighted by molar-refractivity contribution is 0.121. The van der Waals surface area contributed by atoms with Gasteiger partial charge in [-0.15, -0.1) is 0 Å². The van der Waals surface area contributed by atoms with Gasteiger partial charge in [-0.05, 0) is 19.1 Å². The molecule has 3 rings (SSSR count). The van der Waals surface area contributed by atoms with E-state index in [1.165, 1.54) is 0 Å². The maximum Gasteiger partial charge on any atom is 0.411 e. The van der Waals surface area contributed by atoms with Crippen molar-refractivity contribution in [2.75, 3.05) is 74.3 Å². The van der Waals surface area contributed by atoms with Crippen LogP contribution in [-0.2, 0) is 14.2 Å². The molecule has 0 bridgehead atoms. The zero-order chi connectivity index (χ0) is 16.8. The van der Waals surface area contributed by atoms with Crippen LogP contribution < -0.4 is 15.1 Å². The third-order valence-corrected chi connectivity index (χ3v) is 4.02. The number of carbonyl (C=O) groups excluding carboxylic acids is 1. The molecular formula is C16H24N4O4. The molecule has 0 atom stereocenters. The van der Waals surface area contributed by atoms with E-state index < -0.39 is 6.09 Å². The lowest BCUT2D eigenvalue weighted by Crippen LogP contribution is -2.39. The van der Waals surface area contributed by atoms with Gasteiger partial charge in [0.25, 0.3) is 0 Å². The van der Waals surface area contributed by atoms with Crippen molar-refractivity contribution < 1.29 is 19.0 Å². The van der Waals surface area contributed by atoms with Gasteiger partial charge in [-0.1, -0.05) is 0 Å². The van der Waals surface area contributed by atoms with Gasteiger partial charge in [0.1, 0.15) is 5.82 Å². The Morgan fingerprint density at radius 1 is 1.12 bits per heavy atom. The van der Waals surface area contributed by atoms with E-state index in [-0.39, 0.29) is 0 Å². The van der Waals surface area contributed by atoms with E-state index in [1.807, 2.05) is 12.1 Å². The van der Waals surface area contributed by atoms with Gasteiger partial charge < -0.3 is 24.0 Å². The van der Waals surface area contributed by atoms with Gasteiger partial charge in [-0.3, -0.25) is 5.32 Å². The van der Waals surface area contributed by atoms with Crippen LogP contribution in [0.15, 0.2) is 12.1 Å². The zero-order valence-electron chi connectivity index (χ0n) is 14.0. The normalized spacial score (nSPS) is 18.4. The molecule has 1 aromatic heterocycles. The quantitative estimate of drug-likeness (QED) is 0.889. The minimum absolute atomic E-state index is 0.331. The third kappa shape index (κ3) is 4.07. The molecule has 1 amide bonds. The van der Waals surface area contributed by atoms with Crippen molar-refractivity contribution in [1.29, 1.82) is 0 Å². The number of pyridine rings is 1. The number of nitrogens with one attached hydrogen (secondary N) is 1. The summed E-state index contributed by atoms with van der Waals surface area (Å²) in [6, 6.07) is 3.82. The van der Waals surface area contributed by atoms with E-state index >= 15 is 0 Å². The molecule has 0 saturated carbocycles. The highest BCUT2D eigenvalue weighted by molar-refractivity contribution is 5.89. The monoisotopic (exact) mass is 336 g/mol. The number of hydrogen-bond donors (Lipinski definition) is 1. The number of rotatable bonds is 4. The number of carbonyl (C=O) groups is 1. The highest BCUT2D eigenvalue weighted by atomic mass is 16.5. The van der Waals surface area contributed by atoms with Crippen LogP contribution in [0.4, 0.5) is 22.1 Å². The number of hydrogen-bond acceptors (Lipinski definition) is 7. The van der Waals surface area contributed by atoms with Crippen LogP contribution in [0.5, 0.6) is 0 Å². The van der Waals surface area contributed by atoms with E-state index in [4.69, 9.17) is 19.2 Å². The second kappa shape index (κ2) is 8.16. The maximum atomic E-state index is 11.8. The zero-order valence-corrected chi connectivity index (χ0v) is 14.0. The highest BCUT2D eigenvalue weighted by Gasteiger charge is 2.21. The second-order valence-electron chi connectivity index (χ2n) is 5.58. The van der Waals surface area contributed by atoms with Crippen molar-refractivity contribution in [2.24, 2.45) is 0 Å². The van der Waals surface area contributed by atoms with Crippen molar-refractivity contribution in [3.05, 3.63) is 12.1 Å². The standard InChI is InChI=1S/C16H24N4O4/c1-2-24-16(21)17-13-3-4-14(19-5-9-22-10-6-19)18-15(13)20-7-11-23-12-8-20/h3-4H,2,5-12H2,1H3,(H,17,21). The first-order valence-corrected chi connectivity index (χ1v) is 8.38. The van der Waals surface area contributed by atoms with Crippen molar-refractivity contribution in [2.45, 2.75) is 6.92 Å². The molecule has 0 spiro atoms. The third-order valence-electron chi connectivity index (χ3n) is 4.02. The lowest BCUT2D eigenvalue weighted by atomic mass is 10.3. The average Bonchev–Trinajstić information content (AvgIpc) is 2.64. The summed E-state index contributed by atoms with van der Waals surface area (Å²) in [5, 5.41) is 2.79. The fraction of sp³-hybridized carbons (Fsp3) is 0.625. The van der Waals surface area contributed by atoms with Crippen molar-refractivity contribution in [3.8, 4) is 0 Å². The van der Waals surface area contributed by atoms with Gasteiger partial charge in [0.05, 0.1) is 38.7 Å². The fourth-order valence-corrected chi connectivity index (χ4v) is 2.80. The van der Waals surface area contributed by atoms with Gasteiger partial charge in [0, 0.05) is 26.2 Å². The Bertz CT molecular complexity index is 557. The summed E-state index contributed by atoms with van der Waals surface area (Å²) in [6.07, 6.45) is -0.465. The second-order valence-corrected chi connectivity index (χ2v) is 5.58. The first kappa shape index (κ1) is 16.8. The fourth-order valence-electron chi connectivity index (χ4n) is 2.80. The first-order valence-electron chi connectivity index (χ1n) is 8.38. The summed E-state index contributed by atoms with van der Waals surface area (Å²) >= 11 is 0. The highest BCUT2D eigenvalue weighted by Crippen LogP contribution is 2.28. The largest absolute Gasteiger partial charge is 0.450 e. The molecule has 2 fully saturated rings. The Kier molecular flexibility index (Phi) is 5.71. The van der Waals surface area contributed by atoms with E-state index in [9.17, 15) is 4.79 Å². The summed E-state index contributed by atoms with van der Waals surface area (Å²) in [7, 11) is 0. The molecule has 24 heavy (non-hydrogen) atoms. The van der Waals surface area contributed by atoms with Gasteiger partial charge in [-0.25, -0.2) is 9.78 Å². The van der Waals surface area contributed by atoms with Crippen LogP contribution in [-0.4, -0.2) is 70.3 Å². The number of aromatic nitrogens is 1. The Balaban J connectivity index is 1.84. The predicted octanol–water partition coefficient (Wildman–Crippen LogP) is 1.32. The van der Waals surface area contributed by atoms with Gasteiger partial charge in [0.15, 0.2) is 5.82 Å². The Morgan fingerprint density at radius 2 is 1.75 bits per heavy atom. The molecule has 132 valence electrons. The minimum atomic E-state index is -0.465. The van der Waals surface area contributed by atoms with E-state index in [1.54, 1.807) is 6.92 Å². The van der Waals surface area contributed by atoms with E-state index in [2.05, 4.69) is 15.1 Å². The molecule has 1 aromatic rings. The number of amides is 1. The molecule has 0 radical (unpaired) electrons. The molecule has 0 aromatic carbocycles. The Labute approximate surface area is 141 Å². The SMILES string of the molecule is CCOC(=O)Nc1ccc(N2CCOCC2)nc1N1CCOCC1. The van der Waals surface area contributed by atoms with Crippen LogP contribution in [0, 0.1) is 0 Å². The topological polar surface area (TPSA) is 76.2 Å². The number of anilines is 3. The number of morpholine rings is 2. The van der Waals surface area contributed by atoms with Crippen molar-refractivity contribution in [3.63, 3.8) is 0 Å². The van der Waals surface area contributed by atoms with Crippen LogP contribution in [0.1, 0.15) is 6.92 Å². The number of nitrogens with zero attached hydrogens (tertiary/aromatic N) is 3. The van der Waals surface area contributed by atoms with Crippen LogP contribution in [0.25, 0.3) is 0 Å². The molecule has 0 unspecified atom stereocenters. The van der Waals surface area contributed by atoms with Gasteiger partial charge in [-0.2, -0.15) is 0 Å². The molecule has 8 nitrogen and oxygen atoms in total. The first-order chi connectivity index (χ1) is 11.8. The van der Waals surface area contributed by atoms with Gasteiger partial charge in [0.2, 0.25) is 0 Å². The molecule has 2 aliphatic heterocycles. The lowest BCUT2D eigenvalue weighted by Gasteiger charge is -2.32. The molecule has 3 heterocycles. The summed E-state index contributed by atoms with van der Waals surface area (Å²) in [5.74, 6) is 1.66. The van der Waals surface area contributed by atoms with Gasteiger partial charge >= 0.3 is 6.09 Å². The molecule has 0 aliphatic carbocycles. The smallest absolute Gasteiger partial charge is 0.411 e.